The lowest BCUT2D eigenvalue weighted by Gasteiger charge is -2.29. The van der Waals surface area contributed by atoms with E-state index in [2.05, 4.69) is 5.32 Å². The number of nitrogens with zero attached hydrogens (tertiary/aromatic N) is 1. The van der Waals surface area contributed by atoms with Crippen LogP contribution in [0.15, 0.2) is 12.1 Å². The molecule has 0 aliphatic carbocycles. The number of carbonyl (C=O) groups is 2. The fourth-order valence-corrected chi connectivity index (χ4v) is 2.61. The lowest BCUT2D eigenvalue weighted by Crippen LogP contribution is -2.50. The van der Waals surface area contributed by atoms with Crippen molar-refractivity contribution in [2.45, 2.75) is 13.0 Å². The molecule has 1 atom stereocenters. The van der Waals surface area contributed by atoms with Crippen LogP contribution in [0.5, 0.6) is 17.2 Å². The second-order valence-electron chi connectivity index (χ2n) is 5.55. The van der Waals surface area contributed by atoms with Crippen LogP contribution >= 0.6 is 0 Å². The number of nitrogens with one attached hydrogen (secondary N) is 1. The Morgan fingerprint density at radius 1 is 1.08 bits per heavy atom. The number of morpholine rings is 1. The van der Waals surface area contributed by atoms with E-state index in [4.69, 9.17) is 18.9 Å². The number of methoxy groups -OCH3 is 3. The van der Waals surface area contributed by atoms with Gasteiger partial charge >= 0.3 is 0 Å². The van der Waals surface area contributed by atoms with Crippen LogP contribution in [0, 0.1) is 0 Å². The van der Waals surface area contributed by atoms with E-state index in [9.17, 15) is 9.59 Å². The Morgan fingerprint density at radius 3 is 2.12 bits per heavy atom. The lowest BCUT2D eigenvalue weighted by molar-refractivity contribution is -0.136. The Morgan fingerprint density at radius 2 is 1.64 bits per heavy atom. The zero-order chi connectivity index (χ0) is 18.4. The molecule has 0 radical (unpaired) electrons. The van der Waals surface area contributed by atoms with Crippen molar-refractivity contribution in [3.05, 3.63) is 17.7 Å². The molecule has 0 spiro atoms. The molecular weight excluding hydrogens is 328 g/mol. The highest BCUT2D eigenvalue weighted by Gasteiger charge is 2.25. The largest absolute Gasteiger partial charge is 0.493 e. The summed E-state index contributed by atoms with van der Waals surface area (Å²) < 4.78 is 21.0. The highest BCUT2D eigenvalue weighted by atomic mass is 16.5. The number of rotatable bonds is 6. The maximum atomic E-state index is 12.5. The first-order chi connectivity index (χ1) is 12.0. The molecule has 1 heterocycles. The Hall–Kier alpha value is -2.48. The quantitative estimate of drug-likeness (QED) is 0.811. The van der Waals surface area contributed by atoms with Gasteiger partial charge in [0.1, 0.15) is 6.04 Å². The van der Waals surface area contributed by atoms with Crippen LogP contribution in [0.3, 0.4) is 0 Å². The molecule has 0 aromatic heterocycles. The minimum absolute atomic E-state index is 0.135. The fraction of sp³-hybridized carbons (Fsp3) is 0.529. The highest BCUT2D eigenvalue weighted by molar-refractivity contribution is 5.98. The van der Waals surface area contributed by atoms with E-state index in [-0.39, 0.29) is 5.91 Å². The molecule has 1 aromatic carbocycles. The number of benzene rings is 1. The predicted molar refractivity (Wildman–Crippen MR) is 90.4 cm³/mol. The van der Waals surface area contributed by atoms with Gasteiger partial charge in [-0.05, 0) is 19.1 Å². The van der Waals surface area contributed by atoms with Gasteiger partial charge in [-0.3, -0.25) is 9.59 Å². The molecule has 0 saturated carbocycles. The van der Waals surface area contributed by atoms with Crippen LogP contribution in [0.4, 0.5) is 0 Å². The minimum atomic E-state index is -0.648. The van der Waals surface area contributed by atoms with Gasteiger partial charge in [0, 0.05) is 18.7 Å². The van der Waals surface area contributed by atoms with Crippen molar-refractivity contribution >= 4 is 11.8 Å². The number of hydrogen-bond acceptors (Lipinski definition) is 6. The fourth-order valence-electron chi connectivity index (χ4n) is 2.61. The molecule has 0 bridgehead atoms. The Bertz CT molecular complexity index is 603. The summed E-state index contributed by atoms with van der Waals surface area (Å²) in [7, 11) is 4.44. The van der Waals surface area contributed by atoms with Gasteiger partial charge < -0.3 is 29.2 Å². The van der Waals surface area contributed by atoms with Crippen LogP contribution in [-0.2, 0) is 9.53 Å². The Labute approximate surface area is 147 Å². The van der Waals surface area contributed by atoms with E-state index < -0.39 is 11.9 Å². The highest BCUT2D eigenvalue weighted by Crippen LogP contribution is 2.38. The molecule has 8 heteroatoms. The molecule has 1 aliphatic heterocycles. The molecule has 2 amide bonds. The third-order valence-corrected chi connectivity index (χ3v) is 3.97. The summed E-state index contributed by atoms with van der Waals surface area (Å²) in [5, 5.41) is 2.71. The third kappa shape index (κ3) is 4.33. The molecule has 25 heavy (non-hydrogen) atoms. The summed E-state index contributed by atoms with van der Waals surface area (Å²) in [4.78, 5) is 26.6. The summed E-state index contributed by atoms with van der Waals surface area (Å²) in [6, 6.07) is 2.44. The summed E-state index contributed by atoms with van der Waals surface area (Å²) in [5.74, 6) is 0.620. The van der Waals surface area contributed by atoms with Crippen molar-refractivity contribution in [2.75, 3.05) is 47.6 Å². The summed E-state index contributed by atoms with van der Waals surface area (Å²) >= 11 is 0. The lowest BCUT2D eigenvalue weighted by atomic mass is 10.1. The maximum Gasteiger partial charge on any atom is 0.252 e. The van der Waals surface area contributed by atoms with Gasteiger partial charge in [-0.1, -0.05) is 0 Å². The first-order valence-electron chi connectivity index (χ1n) is 7.99. The smallest absolute Gasteiger partial charge is 0.252 e. The second-order valence-corrected chi connectivity index (χ2v) is 5.55. The van der Waals surface area contributed by atoms with Crippen LogP contribution in [-0.4, -0.2) is 70.4 Å². The van der Waals surface area contributed by atoms with E-state index in [1.54, 1.807) is 24.0 Å². The van der Waals surface area contributed by atoms with E-state index >= 15 is 0 Å². The van der Waals surface area contributed by atoms with Crippen molar-refractivity contribution in [3.63, 3.8) is 0 Å². The molecule has 1 fully saturated rings. The van der Waals surface area contributed by atoms with Gasteiger partial charge in [0.05, 0.1) is 34.5 Å². The Kier molecular flexibility index (Phi) is 6.46. The van der Waals surface area contributed by atoms with Crippen LogP contribution in [0.1, 0.15) is 17.3 Å². The van der Waals surface area contributed by atoms with Crippen molar-refractivity contribution < 1.29 is 28.5 Å². The van der Waals surface area contributed by atoms with E-state index in [1.807, 2.05) is 0 Å². The number of ether oxygens (including phenoxy) is 4. The SMILES string of the molecule is COc1cc(C(=O)N[C@H](C)C(=O)N2CCOCC2)cc(OC)c1OC. The average Bonchev–Trinajstić information content (AvgIpc) is 2.66. The molecule has 8 nitrogen and oxygen atoms in total. The number of hydrogen-bond donors (Lipinski definition) is 1. The normalized spacial score (nSPS) is 15.3. The minimum Gasteiger partial charge on any atom is -0.493 e. The van der Waals surface area contributed by atoms with Crippen molar-refractivity contribution in [3.8, 4) is 17.2 Å². The first-order valence-corrected chi connectivity index (χ1v) is 7.99. The molecular formula is C17H24N2O6. The Balaban J connectivity index is 2.12. The van der Waals surface area contributed by atoms with Gasteiger partial charge in [0.25, 0.3) is 5.91 Å². The zero-order valence-electron chi connectivity index (χ0n) is 15.0. The number of carbonyl (C=O) groups excluding carboxylic acids is 2. The number of amides is 2. The van der Waals surface area contributed by atoms with Gasteiger partial charge in [0.2, 0.25) is 11.7 Å². The summed E-state index contributed by atoms with van der Waals surface area (Å²) in [5.41, 5.74) is 0.316. The van der Waals surface area contributed by atoms with Crippen molar-refractivity contribution in [1.82, 2.24) is 10.2 Å². The second kappa shape index (κ2) is 8.57. The topological polar surface area (TPSA) is 86.3 Å². The summed E-state index contributed by atoms with van der Waals surface area (Å²) in [6.07, 6.45) is 0. The molecule has 1 saturated heterocycles. The van der Waals surface area contributed by atoms with Crippen LogP contribution < -0.4 is 19.5 Å². The molecule has 1 N–H and O–H groups in total. The van der Waals surface area contributed by atoms with Crippen molar-refractivity contribution in [1.29, 1.82) is 0 Å². The standard InChI is InChI=1S/C17H24N2O6/c1-11(17(21)19-5-7-25-8-6-19)18-16(20)12-9-13(22-2)15(24-4)14(10-12)23-3/h9-11H,5-8H2,1-4H3,(H,18,20)/t11-/m1/s1. The molecule has 0 unspecified atom stereocenters. The van der Waals surface area contributed by atoms with E-state index in [0.717, 1.165) is 0 Å². The van der Waals surface area contributed by atoms with Gasteiger partial charge in [-0.25, -0.2) is 0 Å². The van der Waals surface area contributed by atoms with Crippen molar-refractivity contribution in [2.24, 2.45) is 0 Å². The van der Waals surface area contributed by atoms with E-state index in [0.29, 0.717) is 49.1 Å². The zero-order valence-corrected chi connectivity index (χ0v) is 15.0. The first kappa shape index (κ1) is 18.9. The molecule has 2 rings (SSSR count). The third-order valence-electron chi connectivity index (χ3n) is 3.97. The van der Waals surface area contributed by atoms with Crippen LogP contribution in [0.2, 0.25) is 0 Å². The van der Waals surface area contributed by atoms with Gasteiger partial charge in [-0.15, -0.1) is 0 Å². The van der Waals surface area contributed by atoms with Crippen LogP contribution in [0.25, 0.3) is 0 Å². The van der Waals surface area contributed by atoms with E-state index in [1.165, 1.54) is 21.3 Å². The summed E-state index contributed by atoms with van der Waals surface area (Å²) in [6.45, 7) is 3.75. The monoisotopic (exact) mass is 352 g/mol. The molecule has 1 aliphatic rings. The van der Waals surface area contributed by atoms with Gasteiger partial charge in [0.15, 0.2) is 11.5 Å². The molecule has 138 valence electrons. The average molecular weight is 352 g/mol. The predicted octanol–water partition coefficient (Wildman–Crippen LogP) is 0.690. The molecule has 1 aromatic rings. The van der Waals surface area contributed by atoms with Gasteiger partial charge in [-0.2, -0.15) is 0 Å². The maximum absolute atomic E-state index is 12.5.